The summed E-state index contributed by atoms with van der Waals surface area (Å²) in [5, 5.41) is 11.3. The largest absolute Gasteiger partial charge is 0.327 e. The van der Waals surface area contributed by atoms with Crippen molar-refractivity contribution in [3.63, 3.8) is 0 Å². The maximum absolute atomic E-state index is 13.7. The number of hydrogen-bond donors (Lipinski definition) is 1. The van der Waals surface area contributed by atoms with Gasteiger partial charge in [-0.05, 0) is 18.1 Å². The third-order valence-corrected chi connectivity index (χ3v) is 2.28. The maximum Gasteiger partial charge on any atom is 0.177 e. The molecule has 0 radical (unpaired) electrons. The van der Waals surface area contributed by atoms with Gasteiger partial charge in [-0.1, -0.05) is 0 Å². The van der Waals surface area contributed by atoms with E-state index in [9.17, 15) is 4.39 Å². The number of alkyl halides is 1. The zero-order chi connectivity index (χ0) is 9.47. The summed E-state index contributed by atoms with van der Waals surface area (Å²) in [5.41, 5.74) is 4.32. The van der Waals surface area contributed by atoms with Crippen LogP contribution in [-0.2, 0) is 13.5 Å². The topological polar surface area (TPSA) is 69.6 Å². The van der Waals surface area contributed by atoms with Crippen molar-refractivity contribution >= 4 is 0 Å². The summed E-state index contributed by atoms with van der Waals surface area (Å²) in [5.74, 6) is 0.455. The molecule has 6 heteroatoms. The van der Waals surface area contributed by atoms with Gasteiger partial charge < -0.3 is 5.73 Å². The van der Waals surface area contributed by atoms with Crippen LogP contribution in [0.4, 0.5) is 4.39 Å². The molecule has 0 aliphatic heterocycles. The lowest BCUT2D eigenvalue weighted by Gasteiger charge is -2.38. The molecule has 5 nitrogen and oxygen atoms in total. The van der Waals surface area contributed by atoms with E-state index in [0.29, 0.717) is 18.7 Å². The molecular formula is C7H12FN5. The van der Waals surface area contributed by atoms with Gasteiger partial charge in [-0.25, -0.2) is 4.39 Å². The molecule has 0 aromatic carbocycles. The van der Waals surface area contributed by atoms with Gasteiger partial charge in [-0.15, -0.1) is 10.2 Å². The van der Waals surface area contributed by atoms with Crippen molar-refractivity contribution in [2.75, 3.05) is 0 Å². The smallest absolute Gasteiger partial charge is 0.177 e. The first-order valence-electron chi connectivity index (χ1n) is 4.25. The van der Waals surface area contributed by atoms with E-state index in [0.717, 1.165) is 0 Å². The third-order valence-electron chi connectivity index (χ3n) is 2.28. The van der Waals surface area contributed by atoms with Crippen LogP contribution < -0.4 is 5.73 Å². The van der Waals surface area contributed by atoms with Gasteiger partial charge in [0.25, 0.3) is 0 Å². The molecule has 1 fully saturated rings. The van der Waals surface area contributed by atoms with Gasteiger partial charge in [0.05, 0.1) is 7.05 Å². The van der Waals surface area contributed by atoms with Gasteiger partial charge in [0.15, 0.2) is 5.82 Å². The fourth-order valence-electron chi connectivity index (χ4n) is 1.70. The van der Waals surface area contributed by atoms with Crippen LogP contribution in [0.5, 0.6) is 0 Å². The minimum absolute atomic E-state index is 0.00155. The first-order chi connectivity index (χ1) is 6.07. The number of aryl methyl sites for hydroxylation is 1. The van der Waals surface area contributed by atoms with E-state index < -0.39 is 5.67 Å². The van der Waals surface area contributed by atoms with E-state index in [-0.39, 0.29) is 12.5 Å². The molecule has 0 bridgehead atoms. The minimum atomic E-state index is -1.19. The molecule has 1 saturated carbocycles. The number of aromatic nitrogens is 4. The maximum atomic E-state index is 13.7. The lowest BCUT2D eigenvalue weighted by molar-refractivity contribution is 0.0424. The second kappa shape index (κ2) is 2.73. The number of nitrogens with zero attached hydrogens (tertiary/aromatic N) is 4. The zero-order valence-electron chi connectivity index (χ0n) is 7.44. The molecule has 0 saturated heterocycles. The lowest BCUT2D eigenvalue weighted by atomic mass is 9.75. The highest BCUT2D eigenvalue weighted by Gasteiger charge is 2.43. The predicted octanol–water partition coefficient (Wildman–Crippen LogP) is -0.418. The number of hydrogen-bond acceptors (Lipinski definition) is 4. The Bertz CT molecular complexity index is 304. The molecule has 2 N–H and O–H groups in total. The van der Waals surface area contributed by atoms with E-state index >= 15 is 0 Å². The average Bonchev–Trinajstić information content (AvgIpc) is 2.32. The van der Waals surface area contributed by atoms with Gasteiger partial charge in [-0.3, -0.25) is 0 Å². The molecule has 0 spiro atoms. The van der Waals surface area contributed by atoms with Crippen LogP contribution in [0, 0.1) is 0 Å². The number of nitrogens with two attached hydrogens (primary N) is 1. The molecule has 1 aliphatic rings. The standard InChI is InChI=1S/C7H12FN5/c1-13-11-6(10-12-13)4-7(8)2-5(9)3-7/h5H,2-4,9H2,1H3. The van der Waals surface area contributed by atoms with Crippen LogP contribution >= 0.6 is 0 Å². The second-order valence-electron chi connectivity index (χ2n) is 3.69. The molecule has 2 rings (SSSR count). The lowest BCUT2D eigenvalue weighted by Crippen LogP contribution is -2.49. The highest BCUT2D eigenvalue weighted by Crippen LogP contribution is 2.37. The summed E-state index contributed by atoms with van der Waals surface area (Å²) in [6.45, 7) is 0. The Balaban J connectivity index is 1.99. The Morgan fingerprint density at radius 3 is 2.85 bits per heavy atom. The first-order valence-corrected chi connectivity index (χ1v) is 4.25. The molecule has 1 heterocycles. The van der Waals surface area contributed by atoms with Gasteiger partial charge in [0.1, 0.15) is 5.67 Å². The van der Waals surface area contributed by atoms with Crippen molar-refractivity contribution in [1.29, 1.82) is 0 Å². The monoisotopic (exact) mass is 185 g/mol. The molecule has 1 aromatic heterocycles. The van der Waals surface area contributed by atoms with Crippen molar-refractivity contribution in [2.24, 2.45) is 12.8 Å². The quantitative estimate of drug-likeness (QED) is 0.679. The van der Waals surface area contributed by atoms with Crippen molar-refractivity contribution in [1.82, 2.24) is 20.2 Å². The Kier molecular flexibility index (Phi) is 1.80. The molecule has 0 unspecified atom stereocenters. The summed E-state index contributed by atoms with van der Waals surface area (Å²) in [6.07, 6.45) is 1.05. The molecular weight excluding hydrogens is 173 g/mol. The van der Waals surface area contributed by atoms with Crippen LogP contribution in [0.15, 0.2) is 0 Å². The van der Waals surface area contributed by atoms with E-state index in [2.05, 4.69) is 15.4 Å². The van der Waals surface area contributed by atoms with Crippen LogP contribution in [0.1, 0.15) is 18.7 Å². The van der Waals surface area contributed by atoms with Gasteiger partial charge in [0.2, 0.25) is 0 Å². The molecule has 72 valence electrons. The van der Waals surface area contributed by atoms with Crippen LogP contribution in [0.25, 0.3) is 0 Å². The average molecular weight is 185 g/mol. The highest BCUT2D eigenvalue weighted by molar-refractivity contribution is 5.02. The zero-order valence-corrected chi connectivity index (χ0v) is 7.44. The SMILES string of the molecule is Cn1nnc(CC2(F)CC(N)C2)n1. The predicted molar refractivity (Wildman–Crippen MR) is 43.6 cm³/mol. The Morgan fingerprint density at radius 1 is 1.69 bits per heavy atom. The summed E-state index contributed by atoms with van der Waals surface area (Å²) in [6, 6.07) is 0.00155. The highest BCUT2D eigenvalue weighted by atomic mass is 19.1. The van der Waals surface area contributed by atoms with E-state index in [1.807, 2.05) is 0 Å². The van der Waals surface area contributed by atoms with Crippen LogP contribution in [-0.4, -0.2) is 31.9 Å². The van der Waals surface area contributed by atoms with E-state index in [1.54, 1.807) is 7.05 Å². The van der Waals surface area contributed by atoms with E-state index in [1.165, 1.54) is 4.80 Å². The van der Waals surface area contributed by atoms with Crippen molar-refractivity contribution in [2.45, 2.75) is 31.0 Å². The van der Waals surface area contributed by atoms with Crippen molar-refractivity contribution in [3.8, 4) is 0 Å². The fourth-order valence-corrected chi connectivity index (χ4v) is 1.70. The summed E-state index contributed by atoms with van der Waals surface area (Å²) < 4.78 is 13.7. The third kappa shape index (κ3) is 1.67. The number of rotatable bonds is 2. The van der Waals surface area contributed by atoms with Gasteiger partial charge >= 0.3 is 0 Å². The van der Waals surface area contributed by atoms with Gasteiger partial charge in [-0.2, -0.15) is 4.80 Å². The molecule has 1 aromatic rings. The molecule has 0 amide bonds. The molecule has 1 aliphatic carbocycles. The van der Waals surface area contributed by atoms with Crippen LogP contribution in [0.2, 0.25) is 0 Å². The molecule has 0 atom stereocenters. The van der Waals surface area contributed by atoms with E-state index in [4.69, 9.17) is 5.73 Å². The van der Waals surface area contributed by atoms with Crippen molar-refractivity contribution < 1.29 is 4.39 Å². The Hall–Kier alpha value is -1.04. The normalized spacial score (nSPS) is 33.0. The Labute approximate surface area is 75.1 Å². The number of halogens is 1. The summed E-state index contributed by atoms with van der Waals surface area (Å²) in [4.78, 5) is 1.33. The van der Waals surface area contributed by atoms with Gasteiger partial charge in [0, 0.05) is 12.5 Å². The number of tetrazole rings is 1. The summed E-state index contributed by atoms with van der Waals surface area (Å²) >= 11 is 0. The molecule has 13 heavy (non-hydrogen) atoms. The first kappa shape index (κ1) is 8.55. The van der Waals surface area contributed by atoms with Crippen LogP contribution in [0.3, 0.4) is 0 Å². The minimum Gasteiger partial charge on any atom is -0.327 e. The fraction of sp³-hybridized carbons (Fsp3) is 0.857. The second-order valence-corrected chi connectivity index (χ2v) is 3.69. The van der Waals surface area contributed by atoms with Crippen molar-refractivity contribution in [3.05, 3.63) is 5.82 Å². The summed E-state index contributed by atoms with van der Waals surface area (Å²) in [7, 11) is 1.66. The Morgan fingerprint density at radius 2 is 2.38 bits per heavy atom.